The van der Waals surface area contributed by atoms with Crippen LogP contribution in [-0.2, 0) is 49.1 Å². The summed E-state index contributed by atoms with van der Waals surface area (Å²) in [7, 11) is 0. The maximum Gasteiger partial charge on any atom is 0.326 e. The molecule has 2 heterocycles. The molecule has 0 saturated heterocycles. The minimum atomic E-state index is -1.69. The summed E-state index contributed by atoms with van der Waals surface area (Å²) < 4.78 is 25.1. The Hall–Kier alpha value is -7.66. The normalized spacial score (nSPS) is 12.6. The molecule has 0 fully saturated rings. The van der Waals surface area contributed by atoms with Crippen molar-refractivity contribution in [1.82, 2.24) is 20.6 Å². The van der Waals surface area contributed by atoms with E-state index in [1.807, 2.05) is 56.3 Å². The van der Waals surface area contributed by atoms with E-state index >= 15 is 0 Å². The highest BCUT2D eigenvalue weighted by Crippen LogP contribution is 2.38. The van der Waals surface area contributed by atoms with Gasteiger partial charge in [-0.3, -0.25) is 30.2 Å². The van der Waals surface area contributed by atoms with Crippen molar-refractivity contribution in [2.24, 2.45) is 10.4 Å². The van der Waals surface area contributed by atoms with Crippen LogP contribution in [0.5, 0.6) is 23.0 Å². The van der Waals surface area contributed by atoms with E-state index in [1.54, 1.807) is 55.0 Å². The van der Waals surface area contributed by atoms with Gasteiger partial charge < -0.3 is 34.6 Å². The number of pyridine rings is 2. The highest BCUT2D eigenvalue weighted by Gasteiger charge is 2.35. The number of carbonyl (C=O) groups excluding carboxylic acids is 1. The van der Waals surface area contributed by atoms with Crippen LogP contribution in [0.1, 0.15) is 69.5 Å². The summed E-state index contributed by atoms with van der Waals surface area (Å²) in [5.74, 6) is -1.11. The number of carbonyl (C=O) groups is 2. The summed E-state index contributed by atoms with van der Waals surface area (Å²) in [4.78, 5) is 54.9. The number of benzene rings is 4. The lowest BCUT2D eigenvalue weighted by Gasteiger charge is -2.25. The molecule has 6 rings (SSSR count). The van der Waals surface area contributed by atoms with E-state index in [2.05, 4.69) is 31.0 Å². The molecule has 4 aromatic carbocycles. The third-order valence-corrected chi connectivity index (χ3v) is 12.5. The van der Waals surface area contributed by atoms with Crippen LogP contribution in [0.4, 0.5) is 0 Å². The molecule has 0 spiro atoms. The number of aromatic nitrogens is 2. The Morgan fingerprint density at radius 3 is 1.69 bits per heavy atom. The van der Waals surface area contributed by atoms with Crippen LogP contribution in [-0.4, -0.2) is 62.5 Å². The van der Waals surface area contributed by atoms with Crippen molar-refractivity contribution in [3.63, 3.8) is 0 Å². The average molecular weight is 1020 g/mol. The summed E-state index contributed by atoms with van der Waals surface area (Å²) in [6.07, 6.45) is 7.32. The first-order valence-electron chi connectivity index (χ1n) is 22.2. The Kier molecular flexibility index (Phi) is 18.2. The number of carboxylic acids is 1. The van der Waals surface area contributed by atoms with E-state index in [1.165, 1.54) is 26.3 Å². The fourth-order valence-corrected chi connectivity index (χ4v) is 7.80. The molecule has 5 N–H and O–H groups in total. The van der Waals surface area contributed by atoms with E-state index in [0.29, 0.717) is 50.6 Å². The predicted octanol–water partition coefficient (Wildman–Crippen LogP) is 9.09. The van der Waals surface area contributed by atoms with Gasteiger partial charge >= 0.3 is 11.9 Å². The van der Waals surface area contributed by atoms with Crippen molar-refractivity contribution in [2.75, 3.05) is 13.2 Å². The zero-order valence-electron chi connectivity index (χ0n) is 39.6. The third kappa shape index (κ3) is 13.2. The molecule has 18 nitrogen and oxygen atoms in total. The lowest BCUT2D eigenvalue weighted by molar-refractivity contribution is -0.146. The number of nitrogens with one attached hydrogen (secondary N) is 3. The Balaban J connectivity index is 1.22. The minimum Gasteiger partial charge on any atom is -0.488 e. The number of ether oxygens (including phenoxy) is 4. The first-order chi connectivity index (χ1) is 34.5. The summed E-state index contributed by atoms with van der Waals surface area (Å²) >= 11 is 13.6. The van der Waals surface area contributed by atoms with Gasteiger partial charge in [-0.05, 0) is 85.3 Å². The lowest BCUT2D eigenvalue weighted by atomic mass is 9.92. The monoisotopic (exact) mass is 1020 g/mol. The molecule has 2 atom stereocenters. The van der Waals surface area contributed by atoms with Gasteiger partial charge in [-0.15, -0.1) is 4.91 Å². The van der Waals surface area contributed by atoms with Gasteiger partial charge in [-0.25, -0.2) is 0 Å². The van der Waals surface area contributed by atoms with Crippen LogP contribution in [0.25, 0.3) is 11.1 Å². The van der Waals surface area contributed by atoms with Crippen molar-refractivity contribution >= 4 is 41.3 Å². The van der Waals surface area contributed by atoms with Gasteiger partial charge in [0.2, 0.25) is 0 Å². The van der Waals surface area contributed by atoms with E-state index in [0.717, 1.165) is 33.4 Å². The van der Waals surface area contributed by atoms with Gasteiger partial charge in [0.15, 0.2) is 0 Å². The van der Waals surface area contributed by atoms with Crippen LogP contribution >= 0.6 is 23.2 Å². The molecule has 2 unspecified atom stereocenters. The molecule has 6 aromatic rings. The van der Waals surface area contributed by atoms with Gasteiger partial charge in [-0.2, -0.15) is 10.2 Å². The Bertz CT molecular complexity index is 3040. The number of nitriles is 1. The summed E-state index contributed by atoms with van der Waals surface area (Å²) in [6, 6.07) is 23.6. The first-order valence-corrected chi connectivity index (χ1v) is 22.9. The van der Waals surface area contributed by atoms with Crippen LogP contribution in [0.3, 0.4) is 0 Å². The van der Waals surface area contributed by atoms with E-state index in [4.69, 9.17) is 47.6 Å². The number of amides is 1. The molecule has 372 valence electrons. The van der Waals surface area contributed by atoms with Crippen molar-refractivity contribution in [2.45, 2.75) is 78.3 Å². The molecule has 0 saturated carbocycles. The second-order valence-corrected chi connectivity index (χ2v) is 17.9. The summed E-state index contributed by atoms with van der Waals surface area (Å²) in [5.41, 5.74) is 5.35. The van der Waals surface area contributed by atoms with E-state index < -0.39 is 36.1 Å². The number of nitroso groups, excluding NO2 is 2. The molecule has 0 aliphatic heterocycles. The largest absolute Gasteiger partial charge is 0.488 e. The number of rotatable bonds is 25. The lowest BCUT2D eigenvalue weighted by Crippen LogP contribution is -2.52. The first kappa shape index (κ1) is 53.7. The molecule has 0 bridgehead atoms. The van der Waals surface area contributed by atoms with Crippen LogP contribution < -0.4 is 29.6 Å². The molecule has 0 radical (unpaired) electrons. The fraction of sp³-hybridized carbons (Fsp3) is 0.269. The second kappa shape index (κ2) is 24.4. The standard InChI is InChI=1S/C52H50Cl2N8O10/c1-31-37(27-71-47-15-45(69-25-35-11-33(17-55)19-57-21-35)39(13-43(47)53)23-59-51(3,29-61-67)49(64)62-68)7-5-9-41(31)42-10-6-8-38(32(42)2)28-72-48-16-46(70-26-36-12-34(18-56)20-58-22-36)40(14-44(48)54)24-60-52(4,30-63)50(65)66/h5-16,18-22,56,59-60,63H,23-30H2,1-4H3,(H,65,66). The van der Waals surface area contributed by atoms with Crippen molar-refractivity contribution in [3.8, 4) is 40.2 Å². The number of hydrogen-bond acceptors (Lipinski definition) is 16. The summed E-state index contributed by atoms with van der Waals surface area (Å²) in [5, 5.41) is 48.1. The second-order valence-electron chi connectivity index (χ2n) is 17.1. The maximum atomic E-state index is 12.4. The highest BCUT2D eigenvalue weighted by atomic mass is 35.5. The molecular weight excluding hydrogens is 968 g/mol. The van der Waals surface area contributed by atoms with Gasteiger partial charge in [0.1, 0.15) is 73.1 Å². The Morgan fingerprint density at radius 1 is 0.722 bits per heavy atom. The highest BCUT2D eigenvalue weighted by molar-refractivity contribution is 6.32. The van der Waals surface area contributed by atoms with Crippen molar-refractivity contribution in [3.05, 3.63) is 173 Å². The Labute approximate surface area is 424 Å². The molecule has 1 amide bonds. The fourth-order valence-electron chi connectivity index (χ4n) is 7.32. The molecular formula is C52H50Cl2N8O10. The van der Waals surface area contributed by atoms with Crippen molar-refractivity contribution in [1.29, 1.82) is 10.7 Å². The SMILES string of the molecule is Cc1c(COc2cc(OCc3cncc(C=N)c3)c(CNC(C)(CO)C(=O)O)cc2Cl)cccc1-c1cccc(COc2cc(OCc3cncc(C#N)c3)c(CNC(C)(CN=O)C(=O)N=O)cc2Cl)c1C. The summed E-state index contributed by atoms with van der Waals surface area (Å²) in [6.45, 7) is 5.67. The van der Waals surface area contributed by atoms with Crippen LogP contribution in [0, 0.1) is 40.4 Å². The van der Waals surface area contributed by atoms with Gasteiger partial charge in [0.25, 0.3) is 0 Å². The number of carboxylic acid groups (broad SMARTS) is 1. The predicted molar refractivity (Wildman–Crippen MR) is 269 cm³/mol. The molecule has 0 aliphatic rings. The van der Waals surface area contributed by atoms with E-state index in [9.17, 15) is 34.9 Å². The topological polar surface area (TPSA) is 268 Å². The number of aliphatic hydroxyl groups excluding tert-OH is 1. The quantitative estimate of drug-likeness (QED) is 0.0264. The smallest absolute Gasteiger partial charge is 0.326 e. The number of aliphatic hydroxyl groups is 1. The Morgan fingerprint density at radius 2 is 1.22 bits per heavy atom. The van der Waals surface area contributed by atoms with E-state index in [-0.39, 0.29) is 55.3 Å². The van der Waals surface area contributed by atoms with Gasteiger partial charge in [-0.1, -0.05) is 64.8 Å². The van der Waals surface area contributed by atoms with Crippen molar-refractivity contribution < 1.29 is 38.7 Å². The average Bonchev–Trinajstić information content (AvgIpc) is 3.38. The zero-order valence-corrected chi connectivity index (χ0v) is 41.1. The van der Waals surface area contributed by atoms with Crippen LogP contribution in [0.2, 0.25) is 10.0 Å². The van der Waals surface area contributed by atoms with Crippen LogP contribution in [0.15, 0.2) is 108 Å². The molecule has 20 heteroatoms. The number of hydrogen-bond donors (Lipinski definition) is 5. The number of halogens is 2. The maximum absolute atomic E-state index is 12.4. The minimum absolute atomic E-state index is 0.00148. The number of aliphatic carboxylic acids is 1. The van der Waals surface area contributed by atoms with Gasteiger partial charge in [0.05, 0.1) is 22.2 Å². The molecule has 0 aliphatic carbocycles. The molecule has 72 heavy (non-hydrogen) atoms. The zero-order chi connectivity index (χ0) is 52.0. The van der Waals surface area contributed by atoms with Gasteiger partial charge in [0, 0.05) is 89.2 Å². The third-order valence-electron chi connectivity index (χ3n) is 11.9. The number of nitrogens with zero attached hydrogens (tertiary/aromatic N) is 5. The molecule has 2 aromatic heterocycles.